The van der Waals surface area contributed by atoms with E-state index in [0.717, 1.165) is 26.8 Å². The largest absolute Gasteiger partial charge is 0.442 e. The second-order valence-corrected chi connectivity index (χ2v) is 6.89. The summed E-state index contributed by atoms with van der Waals surface area (Å²) in [6.07, 6.45) is 2.05. The highest BCUT2D eigenvalue weighted by Crippen LogP contribution is 2.49. The van der Waals surface area contributed by atoms with Gasteiger partial charge < -0.3 is 14.6 Å². The monoisotopic (exact) mass is 367 g/mol. The molecule has 132 valence electrons. The summed E-state index contributed by atoms with van der Waals surface area (Å²) in [5.74, 6) is -1.79. The Morgan fingerprint density at radius 2 is 2.00 bits per heavy atom. The number of hydrogen-bond donors (Lipinski definition) is 1. The number of anilines is 1. The number of hydrogen-bond acceptors (Lipinski definition) is 4. The van der Waals surface area contributed by atoms with E-state index in [1.54, 1.807) is 24.2 Å². The Kier molecular flexibility index (Phi) is 3.68. The molecule has 1 aromatic heterocycles. The smallest absolute Gasteiger partial charge is 0.414 e. The van der Waals surface area contributed by atoms with Gasteiger partial charge in [0.05, 0.1) is 18.8 Å². The van der Waals surface area contributed by atoms with E-state index in [9.17, 15) is 18.4 Å². The lowest BCUT2D eigenvalue weighted by atomic mass is 10.2. The van der Waals surface area contributed by atoms with Gasteiger partial charge in [0, 0.05) is 42.7 Å². The minimum Gasteiger partial charge on any atom is -0.442 e. The summed E-state index contributed by atoms with van der Waals surface area (Å²) in [4.78, 5) is 26.0. The van der Waals surface area contributed by atoms with E-state index in [0.29, 0.717) is 0 Å². The average molecular weight is 367 g/mol. The summed E-state index contributed by atoms with van der Waals surface area (Å²) >= 11 is 1.56. The number of carbonyl (C=O) groups excluding carboxylic acids is 2. The number of benzene rings is 1. The van der Waals surface area contributed by atoms with Gasteiger partial charge in [-0.2, -0.15) is 0 Å². The lowest BCUT2D eigenvalue weighted by molar-refractivity contribution is -0.119. The van der Waals surface area contributed by atoms with Gasteiger partial charge in [-0.15, -0.1) is 0 Å². The van der Waals surface area contributed by atoms with E-state index in [-0.39, 0.29) is 31.8 Å². The molecule has 1 atom stereocenters. The summed E-state index contributed by atoms with van der Waals surface area (Å²) < 4.78 is 35.4. The zero-order valence-electron chi connectivity index (χ0n) is 13.1. The van der Waals surface area contributed by atoms with Crippen LogP contribution < -0.4 is 10.2 Å². The number of halogens is 2. The Morgan fingerprint density at radius 1 is 1.36 bits per heavy atom. The molecule has 0 unspecified atom stereocenters. The summed E-state index contributed by atoms with van der Waals surface area (Å²) in [6, 6.07) is 2.21. The highest BCUT2D eigenvalue weighted by atomic mass is 32.2. The normalized spacial score (nSPS) is 18.1. The van der Waals surface area contributed by atoms with Crippen molar-refractivity contribution in [2.45, 2.75) is 22.8 Å². The molecule has 9 heteroatoms. The van der Waals surface area contributed by atoms with Crippen molar-refractivity contribution in [1.82, 2.24) is 9.88 Å². The first-order valence-electron chi connectivity index (χ1n) is 7.54. The molecule has 25 heavy (non-hydrogen) atoms. The lowest BCUT2D eigenvalue weighted by Gasteiger charge is -2.15. The molecule has 1 fully saturated rings. The molecule has 3 heterocycles. The predicted octanol–water partition coefficient (Wildman–Crippen LogP) is 2.93. The van der Waals surface area contributed by atoms with Crippen molar-refractivity contribution in [3.63, 3.8) is 0 Å². The van der Waals surface area contributed by atoms with Gasteiger partial charge in [0.2, 0.25) is 5.91 Å². The third-order valence-electron chi connectivity index (χ3n) is 3.96. The molecule has 4 rings (SSSR count). The molecule has 6 nitrogen and oxygen atoms in total. The summed E-state index contributed by atoms with van der Waals surface area (Å²) in [7, 11) is 0. The van der Waals surface area contributed by atoms with Crippen molar-refractivity contribution in [2.24, 2.45) is 0 Å². The van der Waals surface area contributed by atoms with Crippen LogP contribution in [0.1, 0.15) is 8.35 Å². The number of nitrogens with zero attached hydrogens (tertiary/aromatic N) is 2. The Bertz CT molecular complexity index is 862. The Labute approximate surface area is 147 Å². The molecular formula is C16H15F2N3O3S. The molecule has 2 aromatic rings. The van der Waals surface area contributed by atoms with Crippen LogP contribution in [-0.2, 0) is 9.53 Å². The molecule has 1 saturated heterocycles. The minimum absolute atomic E-state index is 0. The SMILES string of the molecule is CC(=O)NC[C@H]1CN(c2cc(F)c(-n3cc4c(c3)S4)c(F)c2)C(=O)O1.[HH]. The third-order valence-corrected chi connectivity index (χ3v) is 4.84. The molecule has 2 aliphatic rings. The van der Waals surface area contributed by atoms with Crippen molar-refractivity contribution in [1.29, 1.82) is 0 Å². The number of ether oxygens (including phenoxy) is 1. The van der Waals surface area contributed by atoms with Crippen LogP contribution in [-0.4, -0.2) is 35.8 Å². The fraction of sp³-hybridized carbons (Fsp3) is 0.250. The summed E-state index contributed by atoms with van der Waals surface area (Å²) in [5, 5.41) is 2.54. The molecule has 1 aromatic carbocycles. The maximum Gasteiger partial charge on any atom is 0.414 e. The van der Waals surface area contributed by atoms with Crippen LogP contribution in [0.5, 0.6) is 0 Å². The van der Waals surface area contributed by atoms with E-state index in [2.05, 4.69) is 5.32 Å². The zero-order chi connectivity index (χ0) is 17.7. The van der Waals surface area contributed by atoms with Crippen molar-refractivity contribution in [3.05, 3.63) is 36.2 Å². The molecular weight excluding hydrogens is 352 g/mol. The van der Waals surface area contributed by atoms with Crippen LogP contribution in [0.3, 0.4) is 0 Å². The first-order chi connectivity index (χ1) is 11.9. The highest BCUT2D eigenvalue weighted by Gasteiger charge is 2.33. The van der Waals surface area contributed by atoms with E-state index in [4.69, 9.17) is 4.74 Å². The van der Waals surface area contributed by atoms with Crippen LogP contribution in [0.25, 0.3) is 5.69 Å². The minimum atomic E-state index is -0.770. The number of amides is 2. The second-order valence-electron chi connectivity index (χ2n) is 5.81. The quantitative estimate of drug-likeness (QED) is 0.720. The molecule has 2 aliphatic heterocycles. The van der Waals surface area contributed by atoms with Crippen molar-refractivity contribution < 1.29 is 24.5 Å². The maximum atomic E-state index is 14.5. The lowest BCUT2D eigenvalue weighted by Crippen LogP contribution is -2.33. The molecule has 0 radical (unpaired) electrons. The van der Waals surface area contributed by atoms with Crippen LogP contribution in [0.2, 0.25) is 0 Å². The first kappa shape index (κ1) is 15.9. The number of aromatic nitrogens is 1. The highest BCUT2D eigenvalue weighted by molar-refractivity contribution is 8.05. The maximum absolute atomic E-state index is 14.5. The van der Waals surface area contributed by atoms with Crippen LogP contribution >= 0.6 is 11.8 Å². The summed E-state index contributed by atoms with van der Waals surface area (Å²) in [6.45, 7) is 1.60. The molecule has 0 saturated carbocycles. The molecule has 0 spiro atoms. The first-order valence-corrected chi connectivity index (χ1v) is 8.36. The summed E-state index contributed by atoms with van der Waals surface area (Å²) in [5.41, 5.74) is -0.105. The van der Waals surface area contributed by atoms with Crippen molar-refractivity contribution >= 4 is 29.4 Å². The number of cyclic esters (lactones) is 1. The van der Waals surface area contributed by atoms with E-state index < -0.39 is 23.8 Å². The third kappa shape index (κ3) is 2.95. The van der Waals surface area contributed by atoms with Crippen molar-refractivity contribution in [3.8, 4) is 5.69 Å². The van der Waals surface area contributed by atoms with Crippen LogP contribution in [0, 0.1) is 11.6 Å². The Balaban J connectivity index is 0.00000196. The Morgan fingerprint density at radius 3 is 2.60 bits per heavy atom. The fourth-order valence-electron chi connectivity index (χ4n) is 2.74. The number of rotatable bonds is 4. The van der Waals surface area contributed by atoms with Gasteiger partial charge in [-0.25, -0.2) is 13.6 Å². The van der Waals surface area contributed by atoms with Gasteiger partial charge in [0.25, 0.3) is 0 Å². The number of carbonyl (C=O) groups is 2. The van der Waals surface area contributed by atoms with Gasteiger partial charge in [-0.05, 0) is 0 Å². The topological polar surface area (TPSA) is 63.6 Å². The molecule has 0 aliphatic carbocycles. The molecule has 2 amide bonds. The fourth-order valence-corrected chi connectivity index (χ4v) is 3.37. The van der Waals surface area contributed by atoms with Gasteiger partial charge in [-0.3, -0.25) is 9.69 Å². The number of fused-ring (bicyclic) bond motifs is 1. The predicted molar refractivity (Wildman–Crippen MR) is 88.2 cm³/mol. The zero-order valence-corrected chi connectivity index (χ0v) is 13.9. The average Bonchev–Trinajstić information content (AvgIpc) is 2.97. The van der Waals surface area contributed by atoms with E-state index in [1.807, 2.05) is 0 Å². The second kappa shape index (κ2) is 5.76. The van der Waals surface area contributed by atoms with E-state index in [1.165, 1.54) is 11.5 Å². The van der Waals surface area contributed by atoms with Gasteiger partial charge in [0.1, 0.15) is 11.8 Å². The molecule has 1 N–H and O–H groups in total. The number of nitrogens with one attached hydrogen (secondary N) is 1. The van der Waals surface area contributed by atoms with Crippen molar-refractivity contribution in [2.75, 3.05) is 18.0 Å². The van der Waals surface area contributed by atoms with Gasteiger partial charge in [-0.1, -0.05) is 11.8 Å². The van der Waals surface area contributed by atoms with E-state index >= 15 is 0 Å². The van der Waals surface area contributed by atoms with Gasteiger partial charge in [0.15, 0.2) is 11.6 Å². The van der Waals surface area contributed by atoms with Crippen LogP contribution in [0.15, 0.2) is 34.3 Å². The van der Waals surface area contributed by atoms with Gasteiger partial charge >= 0.3 is 6.09 Å². The van der Waals surface area contributed by atoms with Crippen LogP contribution in [0.4, 0.5) is 19.3 Å². The Hall–Kier alpha value is -2.55. The molecule has 0 bridgehead atoms. The standard InChI is InChI=1S/C16H13F2N3O3S.H2/c1-8(22)19-4-10-5-21(16(23)24-10)9-2-11(17)15(12(18)3-9)20-6-13-14(7-20)25-13;/h2-3,6-7,10H,4-5H2,1H3,(H,19,22);1H/t10-;/m0./s1.